The van der Waals surface area contributed by atoms with Crippen molar-refractivity contribution in [1.29, 1.82) is 0 Å². The lowest BCUT2D eigenvalue weighted by Gasteiger charge is -2.39. The second kappa shape index (κ2) is 11.2. The summed E-state index contributed by atoms with van der Waals surface area (Å²) in [6, 6.07) is 6.47. The van der Waals surface area contributed by atoms with Gasteiger partial charge < -0.3 is 20.7 Å². The van der Waals surface area contributed by atoms with E-state index in [0.29, 0.717) is 4.68 Å². The third kappa shape index (κ3) is 6.04. The molecule has 0 unspecified atom stereocenters. The topological polar surface area (TPSA) is 107 Å². The zero-order valence-electron chi connectivity index (χ0n) is 21.5. The van der Waals surface area contributed by atoms with Crippen molar-refractivity contribution in [2.75, 3.05) is 30.4 Å². The van der Waals surface area contributed by atoms with E-state index in [4.69, 9.17) is 10.5 Å². The standard InChI is InChI=1S/C26H24F6N8O/c1-41-20-4-2-3-18(27)23(20)24-34-6-5-21(38-24)37-22-8-19(39-12-15(26(30,31)32)7-16(33)13-39)17(10-35-22)14-9-36-40(11-14)25(28)29/h2-6,8-11,15-16,25H,7,12-13,33H2,1H3,(H,34,35,37,38)/t15-,16+/m1/s1. The largest absolute Gasteiger partial charge is 0.496 e. The molecule has 0 amide bonds. The van der Waals surface area contributed by atoms with Crippen molar-refractivity contribution in [3.8, 4) is 28.3 Å². The Labute approximate surface area is 230 Å². The first-order valence-corrected chi connectivity index (χ1v) is 12.4. The molecule has 9 nitrogen and oxygen atoms in total. The Bertz CT molecular complexity index is 1530. The summed E-state index contributed by atoms with van der Waals surface area (Å²) in [6.45, 7) is -3.20. The predicted octanol–water partition coefficient (Wildman–Crippen LogP) is 5.40. The molecule has 15 heteroatoms. The molecule has 0 bridgehead atoms. The van der Waals surface area contributed by atoms with Gasteiger partial charge in [0.25, 0.3) is 0 Å². The van der Waals surface area contributed by atoms with Crippen LogP contribution in [0.4, 0.5) is 43.7 Å². The highest BCUT2D eigenvalue weighted by atomic mass is 19.4. The van der Waals surface area contributed by atoms with E-state index in [1.807, 2.05) is 0 Å². The van der Waals surface area contributed by atoms with Crippen molar-refractivity contribution >= 4 is 17.3 Å². The maximum atomic E-state index is 14.6. The number of alkyl halides is 5. The first kappa shape index (κ1) is 28.1. The smallest absolute Gasteiger partial charge is 0.393 e. The van der Waals surface area contributed by atoms with Crippen molar-refractivity contribution in [2.45, 2.75) is 25.2 Å². The summed E-state index contributed by atoms with van der Waals surface area (Å²) in [7, 11) is 1.38. The van der Waals surface area contributed by atoms with Crippen LogP contribution in [0.5, 0.6) is 5.75 Å². The number of ether oxygens (including phenoxy) is 1. The Kier molecular flexibility index (Phi) is 7.71. The number of nitrogens with zero attached hydrogens (tertiary/aromatic N) is 6. The van der Waals surface area contributed by atoms with E-state index >= 15 is 0 Å². The molecule has 4 aromatic rings. The lowest BCUT2D eigenvalue weighted by Crippen LogP contribution is -2.51. The molecule has 1 aliphatic rings. The number of pyridine rings is 1. The number of nitrogens with one attached hydrogen (secondary N) is 1. The fourth-order valence-electron chi connectivity index (χ4n) is 4.72. The minimum absolute atomic E-state index is 0.0243. The third-order valence-corrected chi connectivity index (χ3v) is 6.61. The summed E-state index contributed by atoms with van der Waals surface area (Å²) in [6.07, 6.45) is 0.289. The number of piperidine rings is 1. The summed E-state index contributed by atoms with van der Waals surface area (Å²) in [5, 5.41) is 6.60. The van der Waals surface area contributed by atoms with E-state index in [2.05, 4.69) is 25.4 Å². The molecule has 0 saturated carbocycles. The van der Waals surface area contributed by atoms with Crippen molar-refractivity contribution in [2.24, 2.45) is 11.7 Å². The number of nitrogens with two attached hydrogens (primary N) is 1. The second-order valence-corrected chi connectivity index (χ2v) is 9.42. The van der Waals surface area contributed by atoms with E-state index in [1.54, 1.807) is 6.07 Å². The fourth-order valence-corrected chi connectivity index (χ4v) is 4.72. The molecule has 0 aliphatic carbocycles. The number of hydrogen-bond donors (Lipinski definition) is 2. The molecule has 1 aliphatic heterocycles. The zero-order chi connectivity index (χ0) is 29.3. The molecule has 3 aromatic heterocycles. The predicted molar refractivity (Wildman–Crippen MR) is 138 cm³/mol. The van der Waals surface area contributed by atoms with Crippen molar-refractivity contribution < 1.29 is 31.1 Å². The van der Waals surface area contributed by atoms with Gasteiger partial charge in [0, 0.05) is 54.9 Å². The SMILES string of the molecule is COc1cccc(F)c1-c1nccc(Nc2cc(N3C[C@@H](N)C[C@@H](C(F)(F)F)C3)c(-c3cnn(C(F)F)c3)cn2)n1. The average molecular weight is 579 g/mol. The first-order valence-electron chi connectivity index (χ1n) is 12.4. The van der Waals surface area contributed by atoms with Gasteiger partial charge in [-0.3, -0.25) is 0 Å². The van der Waals surface area contributed by atoms with E-state index in [0.717, 1.165) is 6.20 Å². The van der Waals surface area contributed by atoms with Gasteiger partial charge in [0.1, 0.15) is 23.2 Å². The number of aromatic nitrogens is 5. The average Bonchev–Trinajstić information content (AvgIpc) is 3.43. The van der Waals surface area contributed by atoms with Crippen LogP contribution < -0.4 is 20.7 Å². The van der Waals surface area contributed by atoms with E-state index in [1.165, 1.54) is 54.9 Å². The Hall–Kier alpha value is -4.40. The molecular weight excluding hydrogens is 554 g/mol. The number of methoxy groups -OCH3 is 1. The Morgan fingerprint density at radius 1 is 1.10 bits per heavy atom. The monoisotopic (exact) mass is 578 g/mol. The molecule has 1 fully saturated rings. The van der Waals surface area contributed by atoms with Crippen LogP contribution in [0.25, 0.3) is 22.5 Å². The minimum atomic E-state index is -4.48. The van der Waals surface area contributed by atoms with Crippen LogP contribution >= 0.6 is 0 Å². The molecule has 216 valence electrons. The first-order chi connectivity index (χ1) is 19.5. The van der Waals surface area contributed by atoms with Gasteiger partial charge in [0.05, 0.1) is 30.5 Å². The third-order valence-electron chi connectivity index (χ3n) is 6.61. The normalized spacial score (nSPS) is 17.6. The molecular formula is C26H24F6N8O. The zero-order valence-corrected chi connectivity index (χ0v) is 21.5. The summed E-state index contributed by atoms with van der Waals surface area (Å²) >= 11 is 0. The number of benzene rings is 1. The van der Waals surface area contributed by atoms with Crippen LogP contribution in [-0.2, 0) is 0 Å². The van der Waals surface area contributed by atoms with Crippen LogP contribution in [0.1, 0.15) is 13.0 Å². The fraction of sp³-hybridized carbons (Fsp3) is 0.308. The number of hydrogen-bond acceptors (Lipinski definition) is 8. The summed E-state index contributed by atoms with van der Waals surface area (Å²) in [5.41, 5.74) is 6.85. The van der Waals surface area contributed by atoms with Gasteiger partial charge in [-0.15, -0.1) is 0 Å². The van der Waals surface area contributed by atoms with E-state index < -0.39 is 30.5 Å². The molecule has 2 atom stereocenters. The maximum absolute atomic E-state index is 14.6. The highest BCUT2D eigenvalue weighted by Crippen LogP contribution is 2.39. The summed E-state index contributed by atoms with van der Waals surface area (Å²) in [4.78, 5) is 14.3. The van der Waals surface area contributed by atoms with E-state index in [9.17, 15) is 26.3 Å². The molecule has 3 N–H and O–H groups in total. The summed E-state index contributed by atoms with van der Waals surface area (Å²) in [5.74, 6) is -1.66. The van der Waals surface area contributed by atoms with Gasteiger partial charge >= 0.3 is 12.7 Å². The Balaban J connectivity index is 1.53. The van der Waals surface area contributed by atoms with Crippen LogP contribution in [0.2, 0.25) is 0 Å². The van der Waals surface area contributed by atoms with Crippen LogP contribution in [0, 0.1) is 11.7 Å². The van der Waals surface area contributed by atoms with Gasteiger partial charge in [-0.25, -0.2) is 24.0 Å². The van der Waals surface area contributed by atoms with E-state index in [-0.39, 0.29) is 65.1 Å². The van der Waals surface area contributed by atoms with Crippen LogP contribution in [-0.4, -0.2) is 57.1 Å². The van der Waals surface area contributed by atoms with Gasteiger partial charge in [-0.2, -0.15) is 27.1 Å². The van der Waals surface area contributed by atoms with Crippen molar-refractivity contribution in [3.63, 3.8) is 0 Å². The Morgan fingerprint density at radius 2 is 1.90 bits per heavy atom. The van der Waals surface area contributed by atoms with Gasteiger partial charge in [0.15, 0.2) is 5.82 Å². The number of halogens is 6. The molecule has 1 aromatic carbocycles. The lowest BCUT2D eigenvalue weighted by atomic mass is 9.93. The quantitative estimate of drug-likeness (QED) is 0.281. The summed E-state index contributed by atoms with van der Waals surface area (Å²) < 4.78 is 87.7. The molecule has 41 heavy (non-hydrogen) atoms. The molecule has 5 rings (SSSR count). The molecule has 0 radical (unpaired) electrons. The van der Waals surface area contributed by atoms with Gasteiger partial charge in [-0.05, 0) is 24.6 Å². The highest BCUT2D eigenvalue weighted by molar-refractivity contribution is 5.80. The van der Waals surface area contributed by atoms with Crippen molar-refractivity contribution in [1.82, 2.24) is 24.7 Å². The second-order valence-electron chi connectivity index (χ2n) is 9.42. The van der Waals surface area contributed by atoms with Crippen LogP contribution in [0.3, 0.4) is 0 Å². The van der Waals surface area contributed by atoms with Gasteiger partial charge in [0.2, 0.25) is 0 Å². The number of rotatable bonds is 7. The minimum Gasteiger partial charge on any atom is -0.496 e. The van der Waals surface area contributed by atoms with Crippen molar-refractivity contribution in [3.05, 3.63) is 60.9 Å². The lowest BCUT2D eigenvalue weighted by molar-refractivity contribution is -0.177. The number of anilines is 3. The highest BCUT2D eigenvalue weighted by Gasteiger charge is 2.44. The molecule has 4 heterocycles. The molecule has 1 saturated heterocycles. The Morgan fingerprint density at radius 3 is 2.61 bits per heavy atom. The maximum Gasteiger partial charge on any atom is 0.393 e. The van der Waals surface area contributed by atoms with Crippen LogP contribution in [0.15, 0.2) is 55.1 Å². The molecule has 0 spiro atoms. The van der Waals surface area contributed by atoms with Gasteiger partial charge in [-0.1, -0.05) is 6.07 Å².